The van der Waals surface area contributed by atoms with Gasteiger partial charge in [0.25, 0.3) is 0 Å². The van der Waals surface area contributed by atoms with Gasteiger partial charge < -0.3 is 14.4 Å². The third-order valence-electron chi connectivity index (χ3n) is 2.16. The largest absolute Gasteiger partial charge is 0.495 e. The number of rotatable bonds is 3. The molecule has 2 rings (SSSR count). The summed E-state index contributed by atoms with van der Waals surface area (Å²) in [5.41, 5.74) is 1.28. The normalized spacial score (nSPS) is 10.4. The van der Waals surface area contributed by atoms with Crippen molar-refractivity contribution < 1.29 is 14.4 Å². The van der Waals surface area contributed by atoms with Crippen LogP contribution in [0.15, 0.2) is 28.8 Å². The van der Waals surface area contributed by atoms with Crippen LogP contribution in [-0.4, -0.2) is 17.4 Å². The molecule has 0 radical (unpaired) electrons. The fourth-order valence-corrected chi connectivity index (χ4v) is 1.60. The number of aliphatic hydroxyl groups is 1. The van der Waals surface area contributed by atoms with Gasteiger partial charge in [-0.05, 0) is 18.2 Å². The molecule has 0 saturated carbocycles. The number of hydrogen-bond donors (Lipinski definition) is 1. The Balaban J connectivity index is 2.37. The highest BCUT2D eigenvalue weighted by molar-refractivity contribution is 6.32. The van der Waals surface area contributed by atoms with Gasteiger partial charge in [0, 0.05) is 11.6 Å². The van der Waals surface area contributed by atoms with Crippen molar-refractivity contribution in [3.63, 3.8) is 0 Å². The Kier molecular flexibility index (Phi) is 3.12. The second-order valence-electron chi connectivity index (χ2n) is 3.19. The summed E-state index contributed by atoms with van der Waals surface area (Å²) in [6.07, 6.45) is 0. The molecular weight excluding hydrogens is 230 g/mol. The smallest absolute Gasteiger partial charge is 0.167 e. The maximum atomic E-state index is 8.87. The molecule has 0 aliphatic heterocycles. The second-order valence-corrected chi connectivity index (χ2v) is 3.60. The molecule has 0 bridgehead atoms. The first-order chi connectivity index (χ1) is 7.74. The Hall–Kier alpha value is -1.52. The Morgan fingerprint density at radius 3 is 2.81 bits per heavy atom. The lowest BCUT2D eigenvalue weighted by Gasteiger charge is -2.03. The van der Waals surface area contributed by atoms with Crippen LogP contribution in [0.2, 0.25) is 5.02 Å². The zero-order chi connectivity index (χ0) is 11.5. The van der Waals surface area contributed by atoms with Crippen LogP contribution >= 0.6 is 11.6 Å². The van der Waals surface area contributed by atoms with Crippen molar-refractivity contribution in [2.24, 2.45) is 0 Å². The number of aromatic nitrogens is 1. The standard InChI is InChI=1S/C11H10ClNO3/c1-15-10-3-2-7(4-9(10)12)11-5-8(6-14)13-16-11/h2-5,14H,6H2,1H3. The number of benzene rings is 1. The topological polar surface area (TPSA) is 55.5 Å². The van der Waals surface area contributed by atoms with E-state index in [0.717, 1.165) is 5.56 Å². The van der Waals surface area contributed by atoms with Crippen molar-refractivity contribution in [2.45, 2.75) is 6.61 Å². The quantitative estimate of drug-likeness (QED) is 0.894. The summed E-state index contributed by atoms with van der Waals surface area (Å²) in [6.45, 7) is -0.145. The summed E-state index contributed by atoms with van der Waals surface area (Å²) in [5, 5.41) is 13.1. The van der Waals surface area contributed by atoms with Gasteiger partial charge in [0.1, 0.15) is 11.4 Å². The molecule has 0 unspecified atom stereocenters. The number of aliphatic hydroxyl groups excluding tert-OH is 1. The molecule has 16 heavy (non-hydrogen) atoms. The minimum Gasteiger partial charge on any atom is -0.495 e. The van der Waals surface area contributed by atoms with Crippen LogP contribution in [0, 0.1) is 0 Å². The predicted molar refractivity (Wildman–Crippen MR) is 59.4 cm³/mol. The molecule has 4 nitrogen and oxygen atoms in total. The minimum absolute atomic E-state index is 0.145. The molecule has 2 aromatic rings. The third-order valence-corrected chi connectivity index (χ3v) is 2.45. The molecule has 0 aliphatic rings. The number of methoxy groups -OCH3 is 1. The first kappa shape index (κ1) is 11.0. The van der Waals surface area contributed by atoms with Gasteiger partial charge in [0.2, 0.25) is 0 Å². The van der Waals surface area contributed by atoms with E-state index in [9.17, 15) is 0 Å². The molecule has 0 atom stereocenters. The summed E-state index contributed by atoms with van der Waals surface area (Å²) < 4.78 is 10.1. The lowest BCUT2D eigenvalue weighted by atomic mass is 10.1. The van der Waals surface area contributed by atoms with E-state index in [4.69, 9.17) is 26.0 Å². The number of ether oxygens (including phenoxy) is 1. The molecule has 5 heteroatoms. The van der Waals surface area contributed by atoms with Gasteiger partial charge in [-0.2, -0.15) is 0 Å². The Morgan fingerprint density at radius 1 is 1.44 bits per heavy atom. The van der Waals surface area contributed by atoms with E-state index >= 15 is 0 Å². The lowest BCUT2D eigenvalue weighted by molar-refractivity contribution is 0.267. The Bertz CT molecular complexity index is 496. The molecular formula is C11H10ClNO3. The first-order valence-electron chi connectivity index (χ1n) is 4.65. The average molecular weight is 240 g/mol. The van der Waals surface area contributed by atoms with Gasteiger partial charge >= 0.3 is 0 Å². The van der Waals surface area contributed by atoms with E-state index < -0.39 is 0 Å². The number of hydrogen-bond acceptors (Lipinski definition) is 4. The molecule has 0 spiro atoms. The lowest BCUT2D eigenvalue weighted by Crippen LogP contribution is -1.84. The summed E-state index contributed by atoms with van der Waals surface area (Å²) in [5.74, 6) is 1.17. The van der Waals surface area contributed by atoms with Crippen molar-refractivity contribution in [2.75, 3.05) is 7.11 Å². The van der Waals surface area contributed by atoms with Crippen LogP contribution < -0.4 is 4.74 Å². The summed E-state index contributed by atoms with van der Waals surface area (Å²) in [4.78, 5) is 0. The Labute approximate surface area is 97.4 Å². The zero-order valence-electron chi connectivity index (χ0n) is 8.61. The summed E-state index contributed by atoms with van der Waals surface area (Å²) in [7, 11) is 1.55. The summed E-state index contributed by atoms with van der Waals surface area (Å²) in [6, 6.07) is 6.95. The molecule has 1 N–H and O–H groups in total. The average Bonchev–Trinajstić information content (AvgIpc) is 2.77. The molecule has 0 fully saturated rings. The second kappa shape index (κ2) is 4.55. The highest BCUT2D eigenvalue weighted by atomic mass is 35.5. The maximum Gasteiger partial charge on any atom is 0.167 e. The maximum absolute atomic E-state index is 8.87. The highest BCUT2D eigenvalue weighted by Gasteiger charge is 2.08. The van der Waals surface area contributed by atoms with E-state index in [0.29, 0.717) is 22.2 Å². The van der Waals surface area contributed by atoms with Crippen LogP contribution in [0.4, 0.5) is 0 Å². The van der Waals surface area contributed by atoms with Gasteiger partial charge in [-0.25, -0.2) is 0 Å². The van der Waals surface area contributed by atoms with Gasteiger partial charge in [0.15, 0.2) is 5.76 Å². The fourth-order valence-electron chi connectivity index (χ4n) is 1.34. The molecule has 1 aromatic heterocycles. The van der Waals surface area contributed by atoms with Crippen LogP contribution in [0.25, 0.3) is 11.3 Å². The fraction of sp³-hybridized carbons (Fsp3) is 0.182. The van der Waals surface area contributed by atoms with Crippen molar-refractivity contribution in [3.05, 3.63) is 35.0 Å². The molecule has 1 heterocycles. The van der Waals surface area contributed by atoms with E-state index in [2.05, 4.69) is 5.16 Å². The molecule has 84 valence electrons. The van der Waals surface area contributed by atoms with Gasteiger partial charge in [-0.3, -0.25) is 0 Å². The number of halogens is 1. The Morgan fingerprint density at radius 2 is 2.25 bits per heavy atom. The van der Waals surface area contributed by atoms with Gasteiger partial charge in [-0.1, -0.05) is 16.8 Å². The van der Waals surface area contributed by atoms with E-state index in [1.54, 1.807) is 25.3 Å². The molecule has 1 aromatic carbocycles. The van der Waals surface area contributed by atoms with Crippen LogP contribution in [-0.2, 0) is 6.61 Å². The summed E-state index contributed by atoms with van der Waals surface area (Å²) >= 11 is 5.98. The SMILES string of the molecule is COc1ccc(-c2cc(CO)no2)cc1Cl. The van der Waals surface area contributed by atoms with Crippen LogP contribution in [0.3, 0.4) is 0 Å². The molecule has 0 saturated heterocycles. The van der Waals surface area contributed by atoms with Crippen LogP contribution in [0.1, 0.15) is 5.69 Å². The third kappa shape index (κ3) is 2.03. The predicted octanol–water partition coefficient (Wildman–Crippen LogP) is 2.50. The van der Waals surface area contributed by atoms with Crippen molar-refractivity contribution >= 4 is 11.6 Å². The van der Waals surface area contributed by atoms with Crippen molar-refractivity contribution in [3.8, 4) is 17.1 Å². The first-order valence-corrected chi connectivity index (χ1v) is 5.02. The highest BCUT2D eigenvalue weighted by Crippen LogP contribution is 2.30. The van der Waals surface area contributed by atoms with Crippen LogP contribution in [0.5, 0.6) is 5.75 Å². The van der Waals surface area contributed by atoms with Gasteiger partial charge in [-0.15, -0.1) is 0 Å². The van der Waals surface area contributed by atoms with E-state index in [1.165, 1.54) is 0 Å². The zero-order valence-corrected chi connectivity index (χ0v) is 9.36. The molecule has 0 aliphatic carbocycles. The minimum atomic E-state index is -0.145. The van der Waals surface area contributed by atoms with E-state index in [1.807, 2.05) is 6.07 Å². The van der Waals surface area contributed by atoms with E-state index in [-0.39, 0.29) is 6.61 Å². The monoisotopic (exact) mass is 239 g/mol. The van der Waals surface area contributed by atoms with Gasteiger partial charge in [0.05, 0.1) is 18.7 Å². The number of nitrogens with zero attached hydrogens (tertiary/aromatic N) is 1. The van der Waals surface area contributed by atoms with Crippen molar-refractivity contribution in [1.82, 2.24) is 5.16 Å². The van der Waals surface area contributed by atoms with Crippen molar-refractivity contribution in [1.29, 1.82) is 0 Å². The molecule has 0 amide bonds.